The fourth-order valence-electron chi connectivity index (χ4n) is 3.58. The van der Waals surface area contributed by atoms with Gasteiger partial charge in [0.25, 0.3) is 5.88 Å². The van der Waals surface area contributed by atoms with Crippen LogP contribution in [0.15, 0.2) is 12.4 Å². The molecule has 26 heavy (non-hydrogen) atoms. The van der Waals surface area contributed by atoms with Gasteiger partial charge in [-0.1, -0.05) is 0 Å². The predicted molar refractivity (Wildman–Crippen MR) is 92.0 cm³/mol. The molecule has 1 aromatic heterocycles. The maximum Gasteiger partial charge on any atom is 0.251 e. The first-order valence-corrected chi connectivity index (χ1v) is 9.00. The highest BCUT2D eigenvalue weighted by atomic mass is 16.5. The van der Waals surface area contributed by atoms with Crippen LogP contribution in [0.5, 0.6) is 5.88 Å². The summed E-state index contributed by atoms with van der Waals surface area (Å²) >= 11 is 0. The number of hydrogen-bond acceptors (Lipinski definition) is 6. The number of carbonyl (C=O) groups is 2. The number of carbonyl (C=O) groups excluding carboxylic acids is 2. The third-order valence-corrected chi connectivity index (χ3v) is 5.03. The van der Waals surface area contributed by atoms with Gasteiger partial charge in [0.05, 0.1) is 6.54 Å². The lowest BCUT2D eigenvalue weighted by molar-refractivity contribution is -0.142. The molecule has 0 N–H and O–H groups in total. The molecule has 0 unspecified atom stereocenters. The number of rotatable bonds is 3. The van der Waals surface area contributed by atoms with Crippen molar-refractivity contribution in [2.24, 2.45) is 5.92 Å². The zero-order valence-electron chi connectivity index (χ0n) is 14.9. The fraction of sp³-hybridized carbons (Fsp3) is 0.611. The third-order valence-electron chi connectivity index (χ3n) is 5.03. The van der Waals surface area contributed by atoms with Crippen LogP contribution in [-0.2, 0) is 9.59 Å². The van der Waals surface area contributed by atoms with Crippen molar-refractivity contribution in [3.8, 4) is 11.9 Å². The van der Waals surface area contributed by atoms with Crippen LogP contribution in [0.1, 0.15) is 38.3 Å². The Hall–Kier alpha value is -2.69. The lowest BCUT2D eigenvalue weighted by atomic mass is 9.94. The largest absolute Gasteiger partial charge is 0.470 e. The van der Waals surface area contributed by atoms with E-state index in [1.807, 2.05) is 11.0 Å². The molecule has 0 saturated carbocycles. The predicted octanol–water partition coefficient (Wildman–Crippen LogP) is 0.977. The van der Waals surface area contributed by atoms with Crippen molar-refractivity contribution in [2.75, 3.05) is 26.2 Å². The number of hydrogen-bond donors (Lipinski definition) is 0. The number of aromatic nitrogens is 2. The van der Waals surface area contributed by atoms with E-state index in [9.17, 15) is 9.59 Å². The van der Waals surface area contributed by atoms with Gasteiger partial charge in [-0.15, -0.1) is 0 Å². The standard InChI is InChI=1S/C18H23N5O3/c1-13(24)22-9-4-14(5-10-22)18(25)23-8-2-3-15(12-23)26-17-16(11-19)20-6-7-21-17/h6-7,14-15H,2-5,8-10,12H2,1H3/t15-/m1/s1. The molecule has 2 aliphatic rings. The van der Waals surface area contributed by atoms with Gasteiger partial charge in [-0.25, -0.2) is 9.97 Å². The SMILES string of the molecule is CC(=O)N1CCC(C(=O)N2CCC[C@@H](Oc3nccnc3C#N)C2)CC1. The van der Waals surface area contributed by atoms with E-state index in [1.54, 1.807) is 11.8 Å². The summed E-state index contributed by atoms with van der Waals surface area (Å²) in [6.45, 7) is 4.07. The molecule has 1 atom stereocenters. The molecule has 3 heterocycles. The summed E-state index contributed by atoms with van der Waals surface area (Å²) in [5, 5.41) is 9.09. The summed E-state index contributed by atoms with van der Waals surface area (Å²) in [5.41, 5.74) is 0.160. The number of piperidine rings is 2. The zero-order chi connectivity index (χ0) is 18.5. The number of nitrogens with zero attached hydrogens (tertiary/aromatic N) is 5. The number of amides is 2. The molecule has 2 amide bonds. The Bertz CT molecular complexity index is 709. The average Bonchev–Trinajstić information content (AvgIpc) is 2.68. The molecule has 1 aromatic rings. The van der Waals surface area contributed by atoms with Crippen LogP contribution in [0.2, 0.25) is 0 Å². The van der Waals surface area contributed by atoms with Crippen LogP contribution in [0.4, 0.5) is 0 Å². The highest BCUT2D eigenvalue weighted by Crippen LogP contribution is 2.24. The molecule has 0 spiro atoms. The first-order chi connectivity index (χ1) is 12.6. The Kier molecular flexibility index (Phi) is 5.66. The van der Waals surface area contributed by atoms with Crippen LogP contribution in [-0.4, -0.2) is 63.9 Å². The summed E-state index contributed by atoms with van der Waals surface area (Å²) < 4.78 is 5.85. The monoisotopic (exact) mass is 357 g/mol. The molecule has 2 aliphatic heterocycles. The summed E-state index contributed by atoms with van der Waals surface area (Å²) in [4.78, 5) is 35.9. The van der Waals surface area contributed by atoms with Gasteiger partial charge in [0.15, 0.2) is 0 Å². The third kappa shape index (κ3) is 4.10. The minimum atomic E-state index is -0.186. The molecule has 2 saturated heterocycles. The molecule has 8 heteroatoms. The zero-order valence-corrected chi connectivity index (χ0v) is 14.9. The van der Waals surface area contributed by atoms with Gasteiger partial charge in [-0.2, -0.15) is 5.26 Å². The molecule has 2 fully saturated rings. The van der Waals surface area contributed by atoms with Gasteiger partial charge < -0.3 is 14.5 Å². The van der Waals surface area contributed by atoms with Crippen molar-refractivity contribution in [2.45, 2.75) is 38.7 Å². The highest BCUT2D eigenvalue weighted by molar-refractivity contribution is 5.80. The van der Waals surface area contributed by atoms with Gasteiger partial charge in [-0.3, -0.25) is 9.59 Å². The van der Waals surface area contributed by atoms with Crippen molar-refractivity contribution < 1.29 is 14.3 Å². The minimum absolute atomic E-state index is 0.0319. The van der Waals surface area contributed by atoms with E-state index < -0.39 is 0 Å². The first kappa shape index (κ1) is 18.1. The second kappa shape index (κ2) is 8.13. The number of likely N-dealkylation sites (tertiary alicyclic amines) is 2. The van der Waals surface area contributed by atoms with E-state index in [4.69, 9.17) is 10.00 Å². The van der Waals surface area contributed by atoms with E-state index in [2.05, 4.69) is 9.97 Å². The van der Waals surface area contributed by atoms with Crippen molar-refractivity contribution in [1.82, 2.24) is 19.8 Å². The normalized spacial score (nSPS) is 21.2. The summed E-state index contributed by atoms with van der Waals surface area (Å²) in [7, 11) is 0. The van der Waals surface area contributed by atoms with Gasteiger partial charge >= 0.3 is 0 Å². The molecule has 8 nitrogen and oxygen atoms in total. The molecule has 0 aliphatic carbocycles. The fourth-order valence-corrected chi connectivity index (χ4v) is 3.58. The molecular formula is C18H23N5O3. The van der Waals surface area contributed by atoms with E-state index in [0.29, 0.717) is 32.5 Å². The number of nitriles is 1. The summed E-state index contributed by atoms with van der Waals surface area (Å²) in [6.07, 6.45) is 5.85. The molecule has 3 rings (SSSR count). The summed E-state index contributed by atoms with van der Waals surface area (Å²) in [5.74, 6) is 0.403. The van der Waals surface area contributed by atoms with Gasteiger partial charge in [0, 0.05) is 44.9 Å². The van der Waals surface area contributed by atoms with Gasteiger partial charge in [-0.05, 0) is 25.7 Å². The van der Waals surface area contributed by atoms with Crippen molar-refractivity contribution in [3.05, 3.63) is 18.1 Å². The quantitative estimate of drug-likeness (QED) is 0.799. The van der Waals surface area contributed by atoms with Crippen molar-refractivity contribution in [1.29, 1.82) is 5.26 Å². The minimum Gasteiger partial charge on any atom is -0.470 e. The second-order valence-corrected chi connectivity index (χ2v) is 6.77. The Morgan fingerprint density at radius 2 is 1.88 bits per heavy atom. The molecule has 0 aromatic carbocycles. The Morgan fingerprint density at radius 1 is 1.15 bits per heavy atom. The lowest BCUT2D eigenvalue weighted by Crippen LogP contribution is -2.49. The Balaban J connectivity index is 1.57. The molecule has 0 radical (unpaired) electrons. The lowest BCUT2D eigenvalue weighted by Gasteiger charge is -2.37. The van der Waals surface area contributed by atoms with Crippen molar-refractivity contribution >= 4 is 11.8 Å². The smallest absolute Gasteiger partial charge is 0.251 e. The molecule has 0 bridgehead atoms. The van der Waals surface area contributed by atoms with Crippen LogP contribution in [0, 0.1) is 17.2 Å². The Morgan fingerprint density at radius 3 is 2.58 bits per heavy atom. The van der Waals surface area contributed by atoms with Gasteiger partial charge in [0.2, 0.25) is 17.5 Å². The summed E-state index contributed by atoms with van der Waals surface area (Å²) in [6, 6.07) is 1.97. The van der Waals surface area contributed by atoms with E-state index in [-0.39, 0.29) is 35.4 Å². The van der Waals surface area contributed by atoms with Crippen LogP contribution >= 0.6 is 0 Å². The maximum atomic E-state index is 12.8. The van der Waals surface area contributed by atoms with Crippen LogP contribution in [0.25, 0.3) is 0 Å². The molecular weight excluding hydrogens is 334 g/mol. The maximum absolute atomic E-state index is 12.8. The van der Waals surface area contributed by atoms with Crippen LogP contribution < -0.4 is 4.74 Å². The van der Waals surface area contributed by atoms with Crippen LogP contribution in [0.3, 0.4) is 0 Å². The molecule has 138 valence electrons. The van der Waals surface area contributed by atoms with E-state index in [0.717, 1.165) is 19.4 Å². The average molecular weight is 357 g/mol. The topological polar surface area (TPSA) is 99.4 Å². The first-order valence-electron chi connectivity index (χ1n) is 9.00. The van der Waals surface area contributed by atoms with E-state index >= 15 is 0 Å². The Labute approximate surface area is 152 Å². The van der Waals surface area contributed by atoms with E-state index in [1.165, 1.54) is 12.4 Å². The number of ether oxygens (including phenoxy) is 1. The second-order valence-electron chi connectivity index (χ2n) is 6.77. The van der Waals surface area contributed by atoms with Crippen molar-refractivity contribution in [3.63, 3.8) is 0 Å². The highest BCUT2D eigenvalue weighted by Gasteiger charge is 2.32. The van der Waals surface area contributed by atoms with Gasteiger partial charge in [0.1, 0.15) is 12.2 Å².